The molecule has 17 heavy (non-hydrogen) atoms. The van der Waals surface area contributed by atoms with Crippen LogP contribution in [0.5, 0.6) is 0 Å². The minimum atomic E-state index is 0.282. The standard InChI is InChI=1S/C16H30O/c1-5-11-9-12(6-2)15-14(11)13(7-3)16(15,8-4)10-17/h11-15,17H,5-10H2,1-4H3/t11-,12+,13-,14?,15?,16+/m1/s1. The van der Waals surface area contributed by atoms with Crippen molar-refractivity contribution < 1.29 is 5.11 Å². The van der Waals surface area contributed by atoms with E-state index in [1.807, 2.05) is 0 Å². The summed E-state index contributed by atoms with van der Waals surface area (Å²) in [5, 5.41) is 9.96. The molecule has 1 nitrogen and oxygen atoms in total. The molecule has 100 valence electrons. The third-order valence-corrected chi connectivity index (χ3v) is 6.38. The lowest BCUT2D eigenvalue weighted by molar-refractivity contribution is -0.167. The van der Waals surface area contributed by atoms with Crippen LogP contribution in [0, 0.1) is 35.0 Å². The van der Waals surface area contributed by atoms with Crippen LogP contribution in [0.1, 0.15) is 59.8 Å². The summed E-state index contributed by atoms with van der Waals surface area (Å²) >= 11 is 0. The minimum absolute atomic E-state index is 0.282. The molecule has 0 spiro atoms. The van der Waals surface area contributed by atoms with E-state index in [1.165, 1.54) is 32.1 Å². The highest BCUT2D eigenvalue weighted by atomic mass is 16.3. The quantitative estimate of drug-likeness (QED) is 0.764. The van der Waals surface area contributed by atoms with Gasteiger partial charge in [-0.1, -0.05) is 47.0 Å². The Kier molecular flexibility index (Phi) is 3.87. The Bertz CT molecular complexity index is 256. The van der Waals surface area contributed by atoms with Crippen molar-refractivity contribution >= 4 is 0 Å². The van der Waals surface area contributed by atoms with Gasteiger partial charge in [-0.2, -0.15) is 0 Å². The summed E-state index contributed by atoms with van der Waals surface area (Å²) in [5.41, 5.74) is 0.282. The Morgan fingerprint density at radius 2 is 1.65 bits per heavy atom. The lowest BCUT2D eigenvalue weighted by atomic mass is 9.43. The van der Waals surface area contributed by atoms with Crippen molar-refractivity contribution in [3.8, 4) is 0 Å². The van der Waals surface area contributed by atoms with Gasteiger partial charge >= 0.3 is 0 Å². The van der Waals surface area contributed by atoms with E-state index in [1.54, 1.807) is 0 Å². The Hall–Kier alpha value is -0.0400. The molecule has 0 aromatic rings. The summed E-state index contributed by atoms with van der Waals surface area (Å²) in [4.78, 5) is 0. The highest BCUT2D eigenvalue weighted by Crippen LogP contribution is 2.69. The molecule has 2 fully saturated rings. The van der Waals surface area contributed by atoms with Crippen molar-refractivity contribution in [2.24, 2.45) is 35.0 Å². The van der Waals surface area contributed by atoms with Crippen molar-refractivity contribution in [2.45, 2.75) is 59.8 Å². The second-order valence-electron chi connectivity index (χ2n) is 6.44. The molecule has 1 heteroatoms. The zero-order valence-corrected chi connectivity index (χ0v) is 12.1. The summed E-state index contributed by atoms with van der Waals surface area (Å²) in [6.45, 7) is 9.75. The van der Waals surface area contributed by atoms with E-state index in [0.29, 0.717) is 6.61 Å². The first-order valence-corrected chi connectivity index (χ1v) is 7.80. The second-order valence-corrected chi connectivity index (χ2v) is 6.44. The third-order valence-electron chi connectivity index (χ3n) is 6.38. The molecule has 6 atom stereocenters. The van der Waals surface area contributed by atoms with Crippen molar-refractivity contribution in [1.82, 2.24) is 0 Å². The molecule has 0 saturated heterocycles. The SMILES string of the molecule is CC[C@@H]1C[C@H](CC)C2C1[C@@H](CC)[C@]2(CC)CO. The van der Waals surface area contributed by atoms with E-state index < -0.39 is 0 Å². The molecule has 1 N–H and O–H groups in total. The molecule has 2 aliphatic carbocycles. The highest BCUT2D eigenvalue weighted by molar-refractivity contribution is 5.13. The Balaban J connectivity index is 2.27. The second kappa shape index (κ2) is 4.91. The number of fused-ring (bicyclic) bond motifs is 1. The highest BCUT2D eigenvalue weighted by Gasteiger charge is 2.65. The molecule has 0 bridgehead atoms. The van der Waals surface area contributed by atoms with Crippen LogP contribution in [0.4, 0.5) is 0 Å². The lowest BCUT2D eigenvalue weighted by Crippen LogP contribution is -2.59. The lowest BCUT2D eigenvalue weighted by Gasteiger charge is -2.61. The van der Waals surface area contributed by atoms with Crippen LogP contribution in [-0.4, -0.2) is 11.7 Å². The maximum atomic E-state index is 9.96. The molecule has 0 radical (unpaired) electrons. The molecule has 0 aromatic carbocycles. The van der Waals surface area contributed by atoms with Crippen LogP contribution in [0.15, 0.2) is 0 Å². The number of hydrogen-bond acceptors (Lipinski definition) is 1. The first-order valence-electron chi connectivity index (χ1n) is 7.80. The zero-order valence-electron chi connectivity index (χ0n) is 12.1. The molecule has 2 unspecified atom stereocenters. The summed E-state index contributed by atoms with van der Waals surface area (Å²) in [6, 6.07) is 0. The fourth-order valence-electron chi connectivity index (χ4n) is 5.61. The van der Waals surface area contributed by atoms with Gasteiger partial charge in [-0.3, -0.25) is 0 Å². The molecule has 0 amide bonds. The number of aliphatic hydroxyl groups excluding tert-OH is 1. The zero-order chi connectivity index (χ0) is 12.6. The van der Waals surface area contributed by atoms with Crippen molar-refractivity contribution in [1.29, 1.82) is 0 Å². The monoisotopic (exact) mass is 238 g/mol. The molecule has 2 saturated carbocycles. The van der Waals surface area contributed by atoms with Gasteiger partial charge in [0.2, 0.25) is 0 Å². The van der Waals surface area contributed by atoms with Crippen LogP contribution in [-0.2, 0) is 0 Å². The van der Waals surface area contributed by atoms with Gasteiger partial charge in [0.1, 0.15) is 0 Å². The fraction of sp³-hybridized carbons (Fsp3) is 1.00. The minimum Gasteiger partial charge on any atom is -0.396 e. The maximum absolute atomic E-state index is 9.96. The van der Waals surface area contributed by atoms with Crippen LogP contribution in [0.3, 0.4) is 0 Å². The Labute approximate surface area is 107 Å². The first kappa shape index (κ1) is 13.4. The number of rotatable bonds is 5. The van der Waals surface area contributed by atoms with Crippen molar-refractivity contribution in [2.75, 3.05) is 6.61 Å². The summed E-state index contributed by atoms with van der Waals surface area (Å²) < 4.78 is 0. The van der Waals surface area contributed by atoms with Gasteiger partial charge in [0.15, 0.2) is 0 Å². The van der Waals surface area contributed by atoms with Crippen molar-refractivity contribution in [3.63, 3.8) is 0 Å². The average molecular weight is 238 g/mol. The van der Waals surface area contributed by atoms with Crippen LogP contribution < -0.4 is 0 Å². The normalized spacial score (nSPS) is 48.9. The van der Waals surface area contributed by atoms with Gasteiger partial charge in [0, 0.05) is 6.61 Å². The summed E-state index contributed by atoms with van der Waals surface area (Å²) in [6.07, 6.45) is 6.54. The fourth-order valence-corrected chi connectivity index (χ4v) is 5.61. The molecular weight excluding hydrogens is 208 g/mol. The Morgan fingerprint density at radius 3 is 2.06 bits per heavy atom. The van der Waals surface area contributed by atoms with Gasteiger partial charge in [-0.05, 0) is 47.8 Å². The van der Waals surface area contributed by atoms with Crippen LogP contribution in [0.25, 0.3) is 0 Å². The topological polar surface area (TPSA) is 20.2 Å². The summed E-state index contributed by atoms with van der Waals surface area (Å²) in [5.74, 6) is 4.39. The van der Waals surface area contributed by atoms with E-state index in [-0.39, 0.29) is 5.41 Å². The molecule has 2 aliphatic rings. The predicted octanol–water partition coefficient (Wildman–Crippen LogP) is 4.10. The van der Waals surface area contributed by atoms with E-state index in [0.717, 1.165) is 29.6 Å². The predicted molar refractivity (Wildman–Crippen MR) is 72.7 cm³/mol. The van der Waals surface area contributed by atoms with Gasteiger partial charge in [0.25, 0.3) is 0 Å². The molecular formula is C16H30O. The van der Waals surface area contributed by atoms with Crippen molar-refractivity contribution in [3.05, 3.63) is 0 Å². The maximum Gasteiger partial charge on any atom is 0.0492 e. The van der Waals surface area contributed by atoms with Gasteiger partial charge in [-0.25, -0.2) is 0 Å². The number of aliphatic hydroxyl groups is 1. The van der Waals surface area contributed by atoms with E-state index in [9.17, 15) is 5.11 Å². The first-order chi connectivity index (χ1) is 8.19. The Morgan fingerprint density at radius 1 is 1.00 bits per heavy atom. The van der Waals surface area contributed by atoms with Gasteiger partial charge in [-0.15, -0.1) is 0 Å². The largest absolute Gasteiger partial charge is 0.396 e. The average Bonchev–Trinajstić information content (AvgIpc) is 2.67. The van der Waals surface area contributed by atoms with E-state index in [4.69, 9.17) is 0 Å². The van der Waals surface area contributed by atoms with Gasteiger partial charge < -0.3 is 5.11 Å². The molecule has 2 rings (SSSR count). The molecule has 0 aromatic heterocycles. The third kappa shape index (κ3) is 1.61. The van der Waals surface area contributed by atoms with E-state index >= 15 is 0 Å². The van der Waals surface area contributed by atoms with Crippen LogP contribution in [0.2, 0.25) is 0 Å². The molecule has 0 aliphatic heterocycles. The smallest absolute Gasteiger partial charge is 0.0492 e. The molecule has 0 heterocycles. The summed E-state index contributed by atoms with van der Waals surface area (Å²) in [7, 11) is 0. The number of hydrogen-bond donors (Lipinski definition) is 1. The van der Waals surface area contributed by atoms with Crippen LogP contribution >= 0.6 is 0 Å². The van der Waals surface area contributed by atoms with Gasteiger partial charge in [0.05, 0.1) is 0 Å². The van der Waals surface area contributed by atoms with E-state index in [2.05, 4.69) is 27.7 Å².